The zero-order chi connectivity index (χ0) is 15.0. The molecule has 1 aromatic carbocycles. The van der Waals surface area contributed by atoms with Crippen LogP contribution in [-0.4, -0.2) is 27.7 Å². The lowest BCUT2D eigenvalue weighted by atomic mass is 9.89. The number of rotatable bonds is 2. The average molecular weight is 303 g/mol. The van der Waals surface area contributed by atoms with Gasteiger partial charge in [-0.2, -0.15) is 0 Å². The third-order valence-corrected chi connectivity index (χ3v) is 4.06. The summed E-state index contributed by atoms with van der Waals surface area (Å²) in [7, 11) is 0. The highest BCUT2D eigenvalue weighted by molar-refractivity contribution is 7.15. The van der Waals surface area contributed by atoms with Gasteiger partial charge < -0.3 is 4.74 Å². The summed E-state index contributed by atoms with van der Waals surface area (Å²) in [4.78, 5) is 24.4. The summed E-state index contributed by atoms with van der Waals surface area (Å²) in [5.74, 6) is -0.885. The maximum absolute atomic E-state index is 12.4. The minimum absolute atomic E-state index is 0.332. The van der Waals surface area contributed by atoms with Gasteiger partial charge in [0.2, 0.25) is 5.13 Å². The zero-order valence-electron chi connectivity index (χ0n) is 11.5. The molecule has 6 nitrogen and oxygen atoms in total. The van der Waals surface area contributed by atoms with Crippen LogP contribution in [0, 0.1) is 6.92 Å². The highest BCUT2D eigenvalue weighted by Gasteiger charge is 2.42. The van der Waals surface area contributed by atoms with Crippen molar-refractivity contribution in [2.24, 2.45) is 0 Å². The van der Waals surface area contributed by atoms with E-state index >= 15 is 0 Å². The van der Waals surface area contributed by atoms with E-state index in [1.54, 1.807) is 26.0 Å². The van der Waals surface area contributed by atoms with E-state index in [1.807, 2.05) is 12.1 Å². The number of ether oxygens (including phenoxy) is 1. The van der Waals surface area contributed by atoms with Crippen molar-refractivity contribution < 1.29 is 14.3 Å². The standard InChI is InChI=1S/C14H13N3O3S/c1-8-16-17-13(21-8)15-12(19)14(2)7-9-5-3-4-6-10(9)11(18)20-14/h3-6H,7H2,1-2H3,(H,15,17,19). The van der Waals surface area contributed by atoms with Crippen LogP contribution in [0.4, 0.5) is 5.13 Å². The number of carbonyl (C=O) groups is 2. The molecule has 0 bridgehead atoms. The number of nitrogens with zero attached hydrogens (tertiary/aromatic N) is 2. The Labute approximate surface area is 125 Å². The van der Waals surface area contributed by atoms with Crippen LogP contribution in [0.15, 0.2) is 24.3 Å². The number of amides is 1. The largest absolute Gasteiger partial charge is 0.445 e. The van der Waals surface area contributed by atoms with Crippen molar-refractivity contribution in [3.05, 3.63) is 40.4 Å². The first-order chi connectivity index (χ1) is 9.98. The van der Waals surface area contributed by atoms with Crippen LogP contribution in [0.5, 0.6) is 0 Å². The van der Waals surface area contributed by atoms with Gasteiger partial charge in [0.1, 0.15) is 5.01 Å². The maximum atomic E-state index is 12.4. The van der Waals surface area contributed by atoms with Crippen LogP contribution in [0.1, 0.15) is 27.9 Å². The lowest BCUT2D eigenvalue weighted by Crippen LogP contribution is -2.48. The maximum Gasteiger partial charge on any atom is 0.339 e. The van der Waals surface area contributed by atoms with E-state index in [4.69, 9.17) is 4.74 Å². The molecule has 2 heterocycles. The molecule has 7 heteroatoms. The highest BCUT2D eigenvalue weighted by Crippen LogP contribution is 2.29. The molecule has 0 saturated carbocycles. The Morgan fingerprint density at radius 3 is 2.86 bits per heavy atom. The van der Waals surface area contributed by atoms with Crippen LogP contribution in [-0.2, 0) is 16.0 Å². The van der Waals surface area contributed by atoms with Gasteiger partial charge in [0.25, 0.3) is 5.91 Å². The van der Waals surface area contributed by atoms with Crippen LogP contribution in [0.25, 0.3) is 0 Å². The molecular formula is C14H13N3O3S. The smallest absolute Gasteiger partial charge is 0.339 e. The molecule has 1 aromatic heterocycles. The Hall–Kier alpha value is -2.28. The number of anilines is 1. The highest BCUT2D eigenvalue weighted by atomic mass is 32.1. The molecule has 1 aliphatic rings. The summed E-state index contributed by atoms with van der Waals surface area (Å²) >= 11 is 1.27. The fourth-order valence-corrected chi connectivity index (χ4v) is 2.82. The summed E-state index contributed by atoms with van der Waals surface area (Å²) in [6.45, 7) is 3.40. The quantitative estimate of drug-likeness (QED) is 0.858. The predicted molar refractivity (Wildman–Crippen MR) is 77.2 cm³/mol. The van der Waals surface area contributed by atoms with Crippen molar-refractivity contribution >= 4 is 28.3 Å². The Morgan fingerprint density at radius 2 is 2.14 bits per heavy atom. The van der Waals surface area contributed by atoms with E-state index in [9.17, 15) is 9.59 Å². The number of aryl methyl sites for hydroxylation is 1. The van der Waals surface area contributed by atoms with Gasteiger partial charge in [0, 0.05) is 6.42 Å². The molecule has 1 unspecified atom stereocenters. The van der Waals surface area contributed by atoms with Gasteiger partial charge in [0.15, 0.2) is 5.60 Å². The van der Waals surface area contributed by atoms with Gasteiger partial charge in [-0.25, -0.2) is 4.79 Å². The molecule has 0 radical (unpaired) electrons. The third kappa shape index (κ3) is 2.52. The van der Waals surface area contributed by atoms with E-state index in [2.05, 4.69) is 15.5 Å². The Balaban J connectivity index is 1.85. The fraction of sp³-hybridized carbons (Fsp3) is 0.286. The van der Waals surface area contributed by atoms with Gasteiger partial charge >= 0.3 is 5.97 Å². The van der Waals surface area contributed by atoms with Crippen molar-refractivity contribution in [1.82, 2.24) is 10.2 Å². The SMILES string of the molecule is Cc1nnc(NC(=O)C2(C)Cc3ccccc3C(=O)O2)s1. The summed E-state index contributed by atoms with van der Waals surface area (Å²) in [6, 6.07) is 7.14. The summed E-state index contributed by atoms with van der Waals surface area (Å²) < 4.78 is 5.35. The van der Waals surface area contributed by atoms with Gasteiger partial charge in [-0.15, -0.1) is 10.2 Å². The summed E-state index contributed by atoms with van der Waals surface area (Å²) in [6.07, 6.45) is 0.332. The second-order valence-electron chi connectivity index (χ2n) is 5.03. The molecule has 2 aromatic rings. The molecule has 1 amide bonds. The number of esters is 1. The first-order valence-corrected chi connectivity index (χ1v) is 7.22. The van der Waals surface area contributed by atoms with Crippen LogP contribution in [0.3, 0.4) is 0 Å². The molecule has 3 rings (SSSR count). The normalized spacial score (nSPS) is 20.6. The predicted octanol–water partition coefficient (Wildman–Crippen LogP) is 1.96. The van der Waals surface area contributed by atoms with Gasteiger partial charge in [-0.3, -0.25) is 10.1 Å². The fourth-order valence-electron chi connectivity index (χ4n) is 2.24. The first kappa shape index (κ1) is 13.7. The summed E-state index contributed by atoms with van der Waals surface area (Å²) in [5, 5.41) is 11.5. The van der Waals surface area contributed by atoms with Crippen molar-refractivity contribution in [2.75, 3.05) is 5.32 Å². The summed E-state index contributed by atoms with van der Waals surface area (Å²) in [5.41, 5.74) is 0.0692. The van der Waals surface area contributed by atoms with Crippen LogP contribution < -0.4 is 5.32 Å². The number of hydrogen-bond donors (Lipinski definition) is 1. The minimum atomic E-state index is -1.25. The topological polar surface area (TPSA) is 81.2 Å². The van der Waals surface area contributed by atoms with E-state index < -0.39 is 17.5 Å². The Bertz CT molecular complexity index is 728. The number of benzene rings is 1. The van der Waals surface area contributed by atoms with Gasteiger partial charge in [0.05, 0.1) is 5.56 Å². The molecule has 108 valence electrons. The number of carbonyl (C=O) groups excluding carboxylic acids is 2. The average Bonchev–Trinajstić information content (AvgIpc) is 2.84. The number of fused-ring (bicyclic) bond motifs is 1. The molecule has 0 aliphatic carbocycles. The first-order valence-electron chi connectivity index (χ1n) is 6.41. The lowest BCUT2D eigenvalue weighted by Gasteiger charge is -2.32. The second kappa shape index (κ2) is 4.92. The monoisotopic (exact) mass is 303 g/mol. The number of cyclic esters (lactones) is 1. The number of hydrogen-bond acceptors (Lipinski definition) is 6. The molecule has 0 fully saturated rings. The van der Waals surface area contributed by atoms with E-state index in [1.165, 1.54) is 11.3 Å². The number of nitrogens with one attached hydrogen (secondary N) is 1. The van der Waals surface area contributed by atoms with Crippen LogP contribution >= 0.6 is 11.3 Å². The Morgan fingerprint density at radius 1 is 1.38 bits per heavy atom. The van der Waals surface area contributed by atoms with Crippen molar-refractivity contribution in [3.8, 4) is 0 Å². The van der Waals surface area contributed by atoms with E-state index in [0.29, 0.717) is 17.1 Å². The molecular weight excluding hydrogens is 290 g/mol. The lowest BCUT2D eigenvalue weighted by molar-refractivity contribution is -0.134. The molecule has 0 spiro atoms. The zero-order valence-corrected chi connectivity index (χ0v) is 12.4. The molecule has 0 saturated heterocycles. The molecule has 1 atom stereocenters. The van der Waals surface area contributed by atoms with Crippen molar-refractivity contribution in [2.45, 2.75) is 25.9 Å². The van der Waals surface area contributed by atoms with Crippen molar-refractivity contribution in [3.63, 3.8) is 0 Å². The minimum Gasteiger partial charge on any atom is -0.445 e. The van der Waals surface area contributed by atoms with Gasteiger partial charge in [-0.05, 0) is 25.5 Å². The van der Waals surface area contributed by atoms with E-state index in [0.717, 1.165) is 10.6 Å². The van der Waals surface area contributed by atoms with Gasteiger partial charge in [-0.1, -0.05) is 29.5 Å². The Kier molecular flexibility index (Phi) is 3.21. The molecule has 1 aliphatic heterocycles. The van der Waals surface area contributed by atoms with Crippen molar-refractivity contribution in [1.29, 1.82) is 0 Å². The molecule has 1 N–H and O–H groups in total. The molecule has 21 heavy (non-hydrogen) atoms. The van der Waals surface area contributed by atoms with Crippen LogP contribution in [0.2, 0.25) is 0 Å². The third-order valence-electron chi connectivity index (χ3n) is 3.31. The second-order valence-corrected chi connectivity index (χ2v) is 6.22. The van der Waals surface area contributed by atoms with E-state index in [-0.39, 0.29) is 0 Å². The number of aromatic nitrogens is 2.